The zero-order valence-electron chi connectivity index (χ0n) is 9.80. The third-order valence-corrected chi connectivity index (χ3v) is 2.94. The van der Waals surface area contributed by atoms with E-state index >= 15 is 0 Å². The Kier molecular flexibility index (Phi) is 4.12. The molecule has 4 nitrogen and oxygen atoms in total. The van der Waals surface area contributed by atoms with Crippen LogP contribution in [0.25, 0.3) is 0 Å². The van der Waals surface area contributed by atoms with Gasteiger partial charge in [0.1, 0.15) is 30.2 Å². The summed E-state index contributed by atoms with van der Waals surface area (Å²) in [6.07, 6.45) is 1.56. The van der Waals surface area contributed by atoms with Crippen LogP contribution >= 0.6 is 15.9 Å². The van der Waals surface area contributed by atoms with Crippen molar-refractivity contribution in [2.24, 2.45) is 0 Å². The van der Waals surface area contributed by atoms with Crippen molar-refractivity contribution in [1.82, 2.24) is 4.98 Å². The van der Waals surface area contributed by atoms with Gasteiger partial charge in [-0.15, -0.1) is 0 Å². The van der Waals surface area contributed by atoms with Crippen LogP contribution < -0.4 is 4.74 Å². The van der Waals surface area contributed by atoms with Crippen molar-refractivity contribution in [1.29, 1.82) is 10.5 Å². The van der Waals surface area contributed by atoms with Crippen molar-refractivity contribution in [2.45, 2.75) is 6.61 Å². The second-order valence-corrected chi connectivity index (χ2v) is 4.58. The Morgan fingerprint density at radius 1 is 1.21 bits per heavy atom. The van der Waals surface area contributed by atoms with Crippen LogP contribution in [0.1, 0.15) is 16.8 Å². The molecule has 2 rings (SSSR count). The minimum atomic E-state index is 0.201. The molecule has 92 valence electrons. The quantitative estimate of drug-likeness (QED) is 0.872. The molecular formula is C14H8BrN3O. The molecule has 0 atom stereocenters. The van der Waals surface area contributed by atoms with Gasteiger partial charge in [-0.1, -0.05) is 22.0 Å². The fraction of sp³-hybridized carbons (Fsp3) is 0.0714. The van der Waals surface area contributed by atoms with Crippen LogP contribution in [0.3, 0.4) is 0 Å². The highest BCUT2D eigenvalue weighted by Gasteiger charge is 2.07. The van der Waals surface area contributed by atoms with Gasteiger partial charge in [0.15, 0.2) is 0 Å². The average Bonchev–Trinajstić information content (AvgIpc) is 2.46. The average molecular weight is 314 g/mol. The molecule has 2 aromatic rings. The first-order valence-corrected chi connectivity index (χ1v) is 6.20. The number of nitriles is 2. The summed E-state index contributed by atoms with van der Waals surface area (Å²) in [6.45, 7) is 0.201. The minimum Gasteiger partial charge on any atom is -0.487 e. The third-order valence-electron chi connectivity index (χ3n) is 2.44. The lowest BCUT2D eigenvalue weighted by Gasteiger charge is -2.08. The van der Waals surface area contributed by atoms with Crippen LogP contribution in [-0.2, 0) is 6.61 Å². The Balaban J connectivity index is 2.20. The number of benzene rings is 1. The Bertz CT molecular complexity index is 686. The summed E-state index contributed by atoms with van der Waals surface area (Å²) in [7, 11) is 0. The van der Waals surface area contributed by atoms with E-state index in [2.05, 4.69) is 27.0 Å². The van der Waals surface area contributed by atoms with E-state index in [4.69, 9.17) is 15.3 Å². The predicted molar refractivity (Wildman–Crippen MR) is 72.1 cm³/mol. The minimum absolute atomic E-state index is 0.201. The highest BCUT2D eigenvalue weighted by molar-refractivity contribution is 9.10. The Morgan fingerprint density at radius 3 is 2.79 bits per heavy atom. The van der Waals surface area contributed by atoms with Gasteiger partial charge >= 0.3 is 0 Å². The number of hydrogen-bond acceptors (Lipinski definition) is 4. The molecule has 0 radical (unpaired) electrons. The maximum absolute atomic E-state index is 9.03. The highest BCUT2D eigenvalue weighted by Crippen LogP contribution is 2.23. The Hall–Kier alpha value is -2.37. The molecule has 0 aliphatic heterocycles. The van der Waals surface area contributed by atoms with E-state index in [1.807, 2.05) is 6.07 Å². The standard InChI is InChI=1S/C14H8BrN3O/c15-12-3-4-14(11(6-12)7-16)19-9-10-2-1-5-18-13(10)8-17/h1-6H,9H2. The second kappa shape index (κ2) is 5.99. The summed E-state index contributed by atoms with van der Waals surface area (Å²) in [5, 5.41) is 18.0. The van der Waals surface area contributed by atoms with Crippen LogP contribution in [0.15, 0.2) is 41.0 Å². The molecule has 1 heterocycles. The van der Waals surface area contributed by atoms with Gasteiger partial charge in [-0.2, -0.15) is 10.5 Å². The number of nitrogens with zero attached hydrogens (tertiary/aromatic N) is 3. The van der Waals surface area contributed by atoms with Gasteiger partial charge in [-0.05, 0) is 24.3 Å². The molecule has 0 aliphatic rings. The van der Waals surface area contributed by atoms with Gasteiger partial charge in [0.05, 0.1) is 5.56 Å². The van der Waals surface area contributed by atoms with Crippen molar-refractivity contribution >= 4 is 15.9 Å². The first-order valence-electron chi connectivity index (χ1n) is 5.41. The number of hydrogen-bond donors (Lipinski definition) is 0. The van der Waals surface area contributed by atoms with Gasteiger partial charge in [-0.3, -0.25) is 0 Å². The van der Waals surface area contributed by atoms with E-state index in [1.54, 1.807) is 36.5 Å². The zero-order valence-corrected chi connectivity index (χ0v) is 11.4. The molecular weight excluding hydrogens is 306 g/mol. The molecule has 0 amide bonds. The molecule has 19 heavy (non-hydrogen) atoms. The predicted octanol–water partition coefficient (Wildman–Crippen LogP) is 3.17. The van der Waals surface area contributed by atoms with Gasteiger partial charge in [-0.25, -0.2) is 4.98 Å². The topological polar surface area (TPSA) is 69.7 Å². The lowest BCUT2D eigenvalue weighted by molar-refractivity contribution is 0.304. The first kappa shape index (κ1) is 13.1. The third kappa shape index (κ3) is 3.09. The van der Waals surface area contributed by atoms with Crippen LogP contribution in [0, 0.1) is 22.7 Å². The normalized spacial score (nSPS) is 9.42. The molecule has 0 saturated heterocycles. The summed E-state index contributed by atoms with van der Waals surface area (Å²) >= 11 is 3.30. The SMILES string of the molecule is N#Cc1cc(Br)ccc1OCc1cccnc1C#N. The van der Waals surface area contributed by atoms with E-state index < -0.39 is 0 Å². The van der Waals surface area contributed by atoms with Crippen LogP contribution in [-0.4, -0.2) is 4.98 Å². The van der Waals surface area contributed by atoms with Crippen LogP contribution in [0.4, 0.5) is 0 Å². The molecule has 0 aliphatic carbocycles. The van der Waals surface area contributed by atoms with Crippen molar-refractivity contribution in [2.75, 3.05) is 0 Å². The van der Waals surface area contributed by atoms with E-state index in [1.165, 1.54) is 0 Å². The lowest BCUT2D eigenvalue weighted by Crippen LogP contribution is -2.01. The van der Waals surface area contributed by atoms with Crippen LogP contribution in [0.2, 0.25) is 0 Å². The maximum atomic E-state index is 9.03. The molecule has 5 heteroatoms. The second-order valence-electron chi connectivity index (χ2n) is 3.66. The smallest absolute Gasteiger partial charge is 0.147 e. The molecule has 1 aromatic carbocycles. The first-order chi connectivity index (χ1) is 9.24. The summed E-state index contributed by atoms with van der Waals surface area (Å²) in [5.74, 6) is 0.485. The molecule has 0 N–H and O–H groups in total. The van der Waals surface area contributed by atoms with Crippen molar-refractivity contribution in [3.05, 3.63) is 57.8 Å². The number of ether oxygens (including phenoxy) is 1. The molecule has 0 saturated carbocycles. The monoisotopic (exact) mass is 313 g/mol. The van der Waals surface area contributed by atoms with E-state index in [-0.39, 0.29) is 6.61 Å². The molecule has 0 fully saturated rings. The Morgan fingerprint density at radius 2 is 2.05 bits per heavy atom. The number of rotatable bonds is 3. The molecule has 0 unspecified atom stereocenters. The number of halogens is 1. The summed E-state index contributed by atoms with van der Waals surface area (Å²) in [5.41, 5.74) is 1.46. The Labute approximate surface area is 119 Å². The maximum Gasteiger partial charge on any atom is 0.147 e. The zero-order chi connectivity index (χ0) is 13.7. The van der Waals surface area contributed by atoms with Gasteiger partial charge < -0.3 is 4.74 Å². The van der Waals surface area contributed by atoms with Gasteiger partial charge in [0.2, 0.25) is 0 Å². The van der Waals surface area contributed by atoms with Crippen molar-refractivity contribution in [3.8, 4) is 17.9 Å². The molecule has 1 aromatic heterocycles. The van der Waals surface area contributed by atoms with E-state index in [0.717, 1.165) is 4.47 Å². The summed E-state index contributed by atoms with van der Waals surface area (Å²) in [6, 6.07) is 12.8. The van der Waals surface area contributed by atoms with Gasteiger partial charge in [0.25, 0.3) is 0 Å². The molecule has 0 bridgehead atoms. The lowest BCUT2D eigenvalue weighted by atomic mass is 10.2. The van der Waals surface area contributed by atoms with E-state index in [9.17, 15) is 0 Å². The fourth-order valence-corrected chi connectivity index (χ4v) is 1.89. The summed E-state index contributed by atoms with van der Waals surface area (Å²) in [4.78, 5) is 3.95. The highest BCUT2D eigenvalue weighted by atomic mass is 79.9. The molecule has 0 spiro atoms. The van der Waals surface area contributed by atoms with Crippen molar-refractivity contribution in [3.63, 3.8) is 0 Å². The summed E-state index contributed by atoms with van der Waals surface area (Å²) < 4.78 is 6.39. The number of aromatic nitrogens is 1. The van der Waals surface area contributed by atoms with Gasteiger partial charge in [0, 0.05) is 16.2 Å². The van der Waals surface area contributed by atoms with Crippen molar-refractivity contribution < 1.29 is 4.74 Å². The fourth-order valence-electron chi connectivity index (χ4n) is 1.53. The van der Waals surface area contributed by atoms with E-state index in [0.29, 0.717) is 22.6 Å². The number of pyridine rings is 1. The van der Waals surface area contributed by atoms with Crippen LogP contribution in [0.5, 0.6) is 5.75 Å². The largest absolute Gasteiger partial charge is 0.487 e.